The van der Waals surface area contributed by atoms with E-state index < -0.39 is 36.4 Å². The Hall–Kier alpha value is -2.91. The monoisotopic (exact) mass is 533 g/mol. The number of benzene rings is 1. The lowest BCUT2D eigenvalue weighted by molar-refractivity contribution is -0.145. The van der Waals surface area contributed by atoms with Gasteiger partial charge in [-0.2, -0.15) is 0 Å². The van der Waals surface area contributed by atoms with Crippen molar-refractivity contribution < 1.29 is 34.4 Å². The van der Waals surface area contributed by atoms with E-state index in [4.69, 9.17) is 9.84 Å². The second-order valence-corrected chi connectivity index (χ2v) is 11.6. The first kappa shape index (κ1) is 30.3. The maximum Gasteiger partial charge on any atom is 0.326 e. The largest absolute Gasteiger partial charge is 0.491 e. The van der Waals surface area contributed by atoms with Gasteiger partial charge in [0.25, 0.3) is 5.91 Å². The fourth-order valence-corrected chi connectivity index (χ4v) is 5.16. The number of aryl methyl sites for hydroxylation is 3. The molecule has 0 bridgehead atoms. The van der Waals surface area contributed by atoms with E-state index in [1.165, 1.54) is 16.9 Å². The molecule has 204 valence electrons. The van der Waals surface area contributed by atoms with Gasteiger partial charge in [-0.1, -0.05) is 39.8 Å². The van der Waals surface area contributed by atoms with Crippen LogP contribution in [0.4, 0.5) is 0 Å². The van der Waals surface area contributed by atoms with Crippen LogP contribution in [0.25, 0.3) is 0 Å². The fourth-order valence-electron chi connectivity index (χ4n) is 3.87. The molecule has 0 saturated carbocycles. The number of thiophene rings is 1. The molecule has 37 heavy (non-hydrogen) atoms. The van der Waals surface area contributed by atoms with Crippen LogP contribution in [0.1, 0.15) is 84.1 Å². The average molecular weight is 534 g/mol. The van der Waals surface area contributed by atoms with Gasteiger partial charge in [0.1, 0.15) is 18.4 Å². The molecule has 0 aliphatic rings. The van der Waals surface area contributed by atoms with Gasteiger partial charge in [-0.15, -0.1) is 11.3 Å². The SMILES string of the molecule is CCC(CCc1ccc(OCC(O)C(C)(C)C)c(C)c1)c1cc(C)c(C(=O)NC(CC(=O)O)C(=O)O)s1. The highest BCUT2D eigenvalue weighted by Crippen LogP contribution is 2.34. The minimum absolute atomic E-state index is 0.220. The van der Waals surface area contributed by atoms with Crippen LogP contribution in [0.15, 0.2) is 24.3 Å². The third kappa shape index (κ3) is 8.86. The zero-order valence-corrected chi connectivity index (χ0v) is 23.3. The van der Waals surface area contributed by atoms with Crippen molar-refractivity contribution in [3.63, 3.8) is 0 Å². The van der Waals surface area contributed by atoms with Crippen molar-refractivity contribution in [1.82, 2.24) is 5.32 Å². The van der Waals surface area contributed by atoms with Gasteiger partial charge in [-0.25, -0.2) is 4.79 Å². The second kappa shape index (κ2) is 13.1. The van der Waals surface area contributed by atoms with Crippen molar-refractivity contribution in [1.29, 1.82) is 0 Å². The van der Waals surface area contributed by atoms with Gasteiger partial charge < -0.3 is 25.4 Å². The number of carbonyl (C=O) groups is 3. The van der Waals surface area contributed by atoms with Gasteiger partial charge in [0.2, 0.25) is 0 Å². The number of amides is 1. The summed E-state index contributed by atoms with van der Waals surface area (Å²) < 4.78 is 5.84. The number of carbonyl (C=O) groups excluding carboxylic acids is 1. The van der Waals surface area contributed by atoms with E-state index in [2.05, 4.69) is 18.3 Å². The highest BCUT2D eigenvalue weighted by Gasteiger charge is 2.26. The maximum absolute atomic E-state index is 12.7. The van der Waals surface area contributed by atoms with E-state index in [0.29, 0.717) is 4.88 Å². The van der Waals surface area contributed by atoms with Crippen molar-refractivity contribution >= 4 is 29.2 Å². The van der Waals surface area contributed by atoms with Crippen LogP contribution in [-0.2, 0) is 16.0 Å². The summed E-state index contributed by atoms with van der Waals surface area (Å²) in [6, 6.07) is 6.55. The third-order valence-electron chi connectivity index (χ3n) is 6.44. The maximum atomic E-state index is 12.7. The molecule has 2 aromatic rings. The summed E-state index contributed by atoms with van der Waals surface area (Å²) in [4.78, 5) is 36.4. The smallest absolute Gasteiger partial charge is 0.326 e. The van der Waals surface area contributed by atoms with E-state index in [9.17, 15) is 24.6 Å². The van der Waals surface area contributed by atoms with E-state index in [0.717, 1.165) is 41.0 Å². The highest BCUT2D eigenvalue weighted by atomic mass is 32.1. The molecule has 2 rings (SSSR count). The molecule has 0 aliphatic heterocycles. The number of carboxylic acids is 2. The lowest BCUT2D eigenvalue weighted by Crippen LogP contribution is -2.42. The number of hydrogen-bond acceptors (Lipinski definition) is 6. The van der Waals surface area contributed by atoms with Crippen molar-refractivity contribution in [2.75, 3.05) is 6.61 Å². The molecule has 3 atom stereocenters. The minimum Gasteiger partial charge on any atom is -0.491 e. The summed E-state index contributed by atoms with van der Waals surface area (Å²) in [5.74, 6) is -2.27. The quantitative estimate of drug-likeness (QED) is 0.287. The van der Waals surface area contributed by atoms with E-state index in [-0.39, 0.29) is 17.9 Å². The van der Waals surface area contributed by atoms with Crippen LogP contribution in [-0.4, -0.2) is 51.9 Å². The van der Waals surface area contributed by atoms with Crippen molar-refractivity contribution in [3.05, 3.63) is 50.7 Å². The molecular weight excluding hydrogens is 494 g/mol. The fraction of sp³-hybridized carbons (Fsp3) is 0.536. The van der Waals surface area contributed by atoms with Crippen LogP contribution in [0.5, 0.6) is 5.75 Å². The normalized spacial score (nSPS) is 14.0. The molecule has 8 nitrogen and oxygen atoms in total. The first-order valence-electron chi connectivity index (χ1n) is 12.5. The van der Waals surface area contributed by atoms with Crippen LogP contribution in [0.2, 0.25) is 0 Å². The molecule has 1 amide bonds. The standard InChI is InChI=1S/C28H39NO7S/c1-7-19(10-8-18-9-11-21(16(2)12-18)36-15-23(30)28(4,5)6)22-13-17(3)25(37-22)26(33)29-20(27(34)35)14-24(31)32/h9,11-13,19-20,23,30H,7-8,10,14-15H2,1-6H3,(H,29,33)(H,31,32)(H,34,35). The predicted octanol–water partition coefficient (Wildman–Crippen LogP) is 4.93. The summed E-state index contributed by atoms with van der Waals surface area (Å²) in [6.45, 7) is 12.0. The van der Waals surface area contributed by atoms with Gasteiger partial charge in [-0.05, 0) is 73.3 Å². The number of aliphatic hydroxyl groups excluding tert-OH is 1. The zero-order valence-electron chi connectivity index (χ0n) is 22.5. The summed E-state index contributed by atoms with van der Waals surface area (Å²) in [6.07, 6.45) is 1.34. The Bertz CT molecular complexity index is 1100. The summed E-state index contributed by atoms with van der Waals surface area (Å²) in [7, 11) is 0. The molecule has 9 heteroatoms. The number of rotatable bonds is 13. The first-order valence-corrected chi connectivity index (χ1v) is 13.3. The predicted molar refractivity (Wildman–Crippen MR) is 144 cm³/mol. The number of hydrogen-bond donors (Lipinski definition) is 4. The number of nitrogens with one attached hydrogen (secondary N) is 1. The molecule has 0 saturated heterocycles. The Kier molecular flexibility index (Phi) is 10.7. The molecule has 1 aromatic carbocycles. The average Bonchev–Trinajstić information content (AvgIpc) is 3.18. The molecule has 4 N–H and O–H groups in total. The Morgan fingerprint density at radius 2 is 1.76 bits per heavy atom. The number of aliphatic carboxylic acids is 2. The van der Waals surface area contributed by atoms with Crippen molar-refractivity contribution in [3.8, 4) is 5.75 Å². The third-order valence-corrected chi connectivity index (χ3v) is 7.84. The molecule has 1 aromatic heterocycles. The van der Waals surface area contributed by atoms with Gasteiger partial charge >= 0.3 is 11.9 Å². The lowest BCUT2D eigenvalue weighted by Gasteiger charge is -2.26. The van der Waals surface area contributed by atoms with Gasteiger partial charge in [0.05, 0.1) is 17.4 Å². The molecule has 0 spiro atoms. The van der Waals surface area contributed by atoms with Gasteiger partial charge in [-0.3, -0.25) is 9.59 Å². The summed E-state index contributed by atoms with van der Waals surface area (Å²) >= 11 is 1.33. The molecule has 3 unspecified atom stereocenters. The Morgan fingerprint density at radius 1 is 1.08 bits per heavy atom. The van der Waals surface area contributed by atoms with Crippen LogP contribution < -0.4 is 10.1 Å². The van der Waals surface area contributed by atoms with E-state index in [1.807, 2.05) is 45.9 Å². The Labute approximate surface area is 222 Å². The second-order valence-electron chi connectivity index (χ2n) is 10.6. The summed E-state index contributed by atoms with van der Waals surface area (Å²) in [5, 5.41) is 30.7. The Balaban J connectivity index is 2.05. The molecule has 0 radical (unpaired) electrons. The van der Waals surface area contributed by atoms with Crippen LogP contribution in [0, 0.1) is 19.3 Å². The summed E-state index contributed by atoms with van der Waals surface area (Å²) in [5.41, 5.74) is 2.67. The van der Waals surface area contributed by atoms with Gasteiger partial charge in [0.15, 0.2) is 0 Å². The molecule has 0 aliphatic carbocycles. The minimum atomic E-state index is -1.48. The van der Waals surface area contributed by atoms with E-state index in [1.54, 1.807) is 6.92 Å². The van der Waals surface area contributed by atoms with Crippen molar-refractivity contribution in [2.24, 2.45) is 5.41 Å². The highest BCUT2D eigenvalue weighted by molar-refractivity contribution is 7.14. The number of ether oxygens (including phenoxy) is 1. The number of aliphatic hydroxyl groups is 1. The molecular formula is C28H39NO7S. The molecule has 1 heterocycles. The topological polar surface area (TPSA) is 133 Å². The van der Waals surface area contributed by atoms with Gasteiger partial charge in [0, 0.05) is 4.88 Å². The molecule has 0 fully saturated rings. The van der Waals surface area contributed by atoms with Crippen LogP contribution in [0.3, 0.4) is 0 Å². The Morgan fingerprint density at radius 3 is 2.30 bits per heavy atom. The van der Waals surface area contributed by atoms with Crippen LogP contribution >= 0.6 is 11.3 Å². The van der Waals surface area contributed by atoms with Crippen molar-refractivity contribution in [2.45, 2.75) is 85.3 Å². The van der Waals surface area contributed by atoms with E-state index >= 15 is 0 Å². The lowest BCUT2D eigenvalue weighted by atomic mass is 9.90. The zero-order chi connectivity index (χ0) is 27.9. The first-order chi connectivity index (χ1) is 17.2. The number of carboxylic acid groups (broad SMARTS) is 2.